The molecule has 0 saturated carbocycles. The molecule has 4 heteroatoms. The van der Waals surface area contributed by atoms with Crippen LogP contribution < -0.4 is 5.32 Å². The van der Waals surface area contributed by atoms with Crippen molar-refractivity contribution in [1.82, 2.24) is 5.32 Å². The maximum atomic E-state index is 12.4. The molecule has 18 heavy (non-hydrogen) atoms. The van der Waals surface area contributed by atoms with Crippen molar-refractivity contribution in [3.63, 3.8) is 0 Å². The van der Waals surface area contributed by atoms with Gasteiger partial charge < -0.3 is 5.32 Å². The van der Waals surface area contributed by atoms with Gasteiger partial charge in [0, 0.05) is 12.5 Å². The van der Waals surface area contributed by atoms with Crippen LogP contribution >= 0.6 is 0 Å². The second kappa shape index (κ2) is 6.46. The third-order valence-corrected chi connectivity index (χ3v) is 2.72. The second-order valence-electron chi connectivity index (χ2n) is 3.93. The molecule has 0 aliphatic carbocycles. The highest BCUT2D eigenvalue weighted by Gasteiger charge is 2.30. The fourth-order valence-electron chi connectivity index (χ4n) is 1.72. The Morgan fingerprint density at radius 2 is 1.83 bits per heavy atom. The zero-order chi connectivity index (χ0) is 13.6. The minimum Gasteiger partial charge on any atom is -0.313 e. The minimum absolute atomic E-state index is 0.0353. The van der Waals surface area contributed by atoms with E-state index in [1.54, 1.807) is 14.0 Å². The van der Waals surface area contributed by atoms with Gasteiger partial charge in [-0.15, -0.1) is 11.8 Å². The highest BCUT2D eigenvalue weighted by Crippen LogP contribution is 2.30. The summed E-state index contributed by atoms with van der Waals surface area (Å²) in [6, 6.07) is 5.30. The first kappa shape index (κ1) is 14.6. The summed E-state index contributed by atoms with van der Waals surface area (Å²) in [5.41, 5.74) is 0.234. The molecule has 0 heterocycles. The first-order valence-electron chi connectivity index (χ1n) is 5.73. The normalized spacial score (nSPS) is 12.7. The van der Waals surface area contributed by atoms with Gasteiger partial charge in [-0.3, -0.25) is 0 Å². The topological polar surface area (TPSA) is 12.0 Å². The van der Waals surface area contributed by atoms with E-state index in [4.69, 9.17) is 0 Å². The maximum absolute atomic E-state index is 12.4. The summed E-state index contributed by atoms with van der Waals surface area (Å²) < 4.78 is 37.3. The van der Waals surface area contributed by atoms with Crippen LogP contribution in [0.3, 0.4) is 0 Å². The lowest BCUT2D eigenvalue weighted by atomic mass is 10.0. The van der Waals surface area contributed by atoms with Gasteiger partial charge >= 0.3 is 6.18 Å². The Kier molecular flexibility index (Phi) is 5.24. The predicted octanol–water partition coefficient (Wildman–Crippen LogP) is 3.77. The molecule has 0 fully saturated rings. The van der Waals surface area contributed by atoms with Crippen LogP contribution in [0.1, 0.15) is 36.9 Å². The first-order valence-corrected chi connectivity index (χ1v) is 5.73. The second-order valence-corrected chi connectivity index (χ2v) is 3.93. The van der Waals surface area contributed by atoms with Gasteiger partial charge in [0.05, 0.1) is 5.56 Å². The molecule has 0 aliphatic rings. The van der Waals surface area contributed by atoms with Crippen LogP contribution in [0, 0.1) is 11.8 Å². The molecule has 1 aromatic rings. The van der Waals surface area contributed by atoms with Gasteiger partial charge in [-0.25, -0.2) is 0 Å². The van der Waals surface area contributed by atoms with Crippen molar-refractivity contribution in [2.24, 2.45) is 0 Å². The average Bonchev–Trinajstić information content (AvgIpc) is 2.34. The van der Waals surface area contributed by atoms with Gasteiger partial charge in [-0.2, -0.15) is 13.2 Å². The molecule has 0 bridgehead atoms. The summed E-state index contributed by atoms with van der Waals surface area (Å²) >= 11 is 0. The summed E-state index contributed by atoms with van der Waals surface area (Å²) in [6.45, 7) is 1.77. The van der Waals surface area contributed by atoms with E-state index in [1.165, 1.54) is 12.1 Å². The largest absolute Gasteiger partial charge is 0.416 e. The Balaban J connectivity index is 2.77. The predicted molar refractivity (Wildman–Crippen MR) is 65.9 cm³/mol. The molecule has 98 valence electrons. The molecule has 1 unspecified atom stereocenters. The Hall–Kier alpha value is -1.47. The van der Waals surface area contributed by atoms with E-state index in [2.05, 4.69) is 17.2 Å². The quantitative estimate of drug-likeness (QED) is 0.807. The highest BCUT2D eigenvalue weighted by molar-refractivity contribution is 5.27. The fourth-order valence-corrected chi connectivity index (χ4v) is 1.72. The lowest BCUT2D eigenvalue weighted by molar-refractivity contribution is -0.137. The monoisotopic (exact) mass is 255 g/mol. The minimum atomic E-state index is -4.28. The molecule has 1 atom stereocenters. The molecule has 0 spiro atoms. The van der Waals surface area contributed by atoms with E-state index in [-0.39, 0.29) is 6.04 Å². The lowest BCUT2D eigenvalue weighted by Gasteiger charge is -2.16. The number of halogens is 3. The summed E-state index contributed by atoms with van der Waals surface area (Å²) in [7, 11) is 1.79. The Morgan fingerprint density at radius 1 is 1.22 bits per heavy atom. The van der Waals surface area contributed by atoms with Crippen molar-refractivity contribution in [2.75, 3.05) is 7.05 Å². The van der Waals surface area contributed by atoms with Gasteiger partial charge in [0.25, 0.3) is 0 Å². The molecule has 1 nitrogen and oxygen atoms in total. The molecule has 0 aliphatic heterocycles. The third kappa shape index (κ3) is 4.08. The van der Waals surface area contributed by atoms with Crippen LogP contribution in [-0.4, -0.2) is 7.05 Å². The fraction of sp³-hybridized carbons (Fsp3) is 0.429. The van der Waals surface area contributed by atoms with Gasteiger partial charge in [-0.05, 0) is 38.1 Å². The third-order valence-electron chi connectivity index (χ3n) is 2.72. The molecule has 0 amide bonds. The zero-order valence-corrected chi connectivity index (χ0v) is 10.4. The van der Waals surface area contributed by atoms with Gasteiger partial charge in [0.15, 0.2) is 0 Å². The molecular formula is C14H16F3N. The van der Waals surface area contributed by atoms with Crippen LogP contribution in [0.15, 0.2) is 24.3 Å². The number of rotatable bonds is 4. The van der Waals surface area contributed by atoms with Crippen LogP contribution in [0.25, 0.3) is 0 Å². The summed E-state index contributed by atoms with van der Waals surface area (Å²) in [6.07, 6.45) is -2.77. The van der Waals surface area contributed by atoms with E-state index in [9.17, 15) is 13.2 Å². The lowest BCUT2D eigenvalue weighted by Crippen LogP contribution is -2.16. The standard InChI is InChI=1S/C14H16F3N/c1-3-4-5-6-13(18-2)11-7-9-12(10-8-11)14(15,16)17/h7-10,13,18H,5-6H2,1-2H3. The van der Waals surface area contributed by atoms with Crippen molar-refractivity contribution in [2.45, 2.75) is 32.0 Å². The van der Waals surface area contributed by atoms with Crippen LogP contribution in [0.5, 0.6) is 0 Å². The van der Waals surface area contributed by atoms with E-state index in [1.807, 2.05) is 0 Å². The van der Waals surface area contributed by atoms with Crippen LogP contribution in [-0.2, 0) is 6.18 Å². The number of hydrogen-bond acceptors (Lipinski definition) is 1. The van der Waals surface area contributed by atoms with Crippen molar-refractivity contribution in [1.29, 1.82) is 0 Å². The zero-order valence-electron chi connectivity index (χ0n) is 10.4. The molecule has 0 aromatic heterocycles. The Labute approximate surface area is 105 Å². The Bertz CT molecular complexity index is 423. The van der Waals surface area contributed by atoms with Gasteiger partial charge in [0.1, 0.15) is 0 Å². The van der Waals surface area contributed by atoms with Crippen molar-refractivity contribution in [3.8, 4) is 11.8 Å². The van der Waals surface area contributed by atoms with Gasteiger partial charge in [-0.1, -0.05) is 12.1 Å². The number of nitrogens with one attached hydrogen (secondary N) is 1. The van der Waals surface area contributed by atoms with E-state index in [0.717, 1.165) is 30.5 Å². The summed E-state index contributed by atoms with van der Waals surface area (Å²) in [4.78, 5) is 0. The number of benzene rings is 1. The summed E-state index contributed by atoms with van der Waals surface area (Å²) in [5.74, 6) is 5.75. The SMILES string of the molecule is CC#CCCC(NC)c1ccc(C(F)(F)F)cc1. The average molecular weight is 255 g/mol. The molecule has 1 rings (SSSR count). The van der Waals surface area contributed by atoms with Gasteiger partial charge in [0.2, 0.25) is 0 Å². The van der Waals surface area contributed by atoms with Crippen molar-refractivity contribution in [3.05, 3.63) is 35.4 Å². The molecular weight excluding hydrogens is 239 g/mol. The first-order chi connectivity index (χ1) is 8.49. The van der Waals surface area contributed by atoms with E-state index >= 15 is 0 Å². The van der Waals surface area contributed by atoms with E-state index < -0.39 is 11.7 Å². The van der Waals surface area contributed by atoms with E-state index in [0.29, 0.717) is 0 Å². The van der Waals surface area contributed by atoms with Crippen LogP contribution in [0.4, 0.5) is 13.2 Å². The Morgan fingerprint density at radius 3 is 2.28 bits per heavy atom. The maximum Gasteiger partial charge on any atom is 0.416 e. The molecule has 1 N–H and O–H groups in total. The number of hydrogen-bond donors (Lipinski definition) is 1. The number of alkyl halides is 3. The molecule has 1 aromatic carbocycles. The molecule has 0 radical (unpaired) electrons. The van der Waals surface area contributed by atoms with Crippen molar-refractivity contribution < 1.29 is 13.2 Å². The van der Waals surface area contributed by atoms with Crippen LogP contribution in [0.2, 0.25) is 0 Å². The smallest absolute Gasteiger partial charge is 0.313 e. The highest BCUT2D eigenvalue weighted by atomic mass is 19.4. The van der Waals surface area contributed by atoms with Crippen molar-refractivity contribution >= 4 is 0 Å². The summed E-state index contributed by atoms with van der Waals surface area (Å²) in [5, 5.41) is 3.09. The molecule has 0 saturated heterocycles.